The second-order valence-electron chi connectivity index (χ2n) is 3.58. The van der Waals surface area contributed by atoms with Gasteiger partial charge in [0.05, 0.1) is 4.88 Å². The van der Waals surface area contributed by atoms with Gasteiger partial charge in [0.25, 0.3) is 0 Å². The maximum absolute atomic E-state index is 12.2. The molecule has 2 heterocycles. The molecular weight excluding hydrogens is 252 g/mol. The molecule has 0 fully saturated rings. The van der Waals surface area contributed by atoms with Crippen molar-refractivity contribution in [2.24, 2.45) is 0 Å². The minimum absolute atomic E-state index is 0.0984. The summed E-state index contributed by atoms with van der Waals surface area (Å²) in [5, 5.41) is 12.7. The molecule has 0 radical (unpaired) electrons. The minimum atomic E-state index is -0.0984. The number of rotatable bonds is 2. The van der Waals surface area contributed by atoms with Gasteiger partial charge in [0.15, 0.2) is 0 Å². The van der Waals surface area contributed by atoms with Crippen LogP contribution >= 0.6 is 22.7 Å². The molecule has 0 amide bonds. The Bertz CT molecular complexity index is 681. The van der Waals surface area contributed by atoms with Crippen molar-refractivity contribution in [2.45, 2.75) is 0 Å². The molecule has 17 heavy (non-hydrogen) atoms. The van der Waals surface area contributed by atoms with Crippen molar-refractivity contribution >= 4 is 38.5 Å². The van der Waals surface area contributed by atoms with E-state index in [0.29, 0.717) is 9.75 Å². The van der Waals surface area contributed by atoms with Crippen LogP contribution in [0.5, 0.6) is 5.75 Å². The van der Waals surface area contributed by atoms with E-state index in [9.17, 15) is 9.90 Å². The Hall–Kier alpha value is -1.65. The predicted octanol–water partition coefficient (Wildman–Crippen LogP) is 3.90. The smallest absolute Gasteiger partial charge is 0.216 e. The van der Waals surface area contributed by atoms with Gasteiger partial charge in [0.1, 0.15) is 10.6 Å². The van der Waals surface area contributed by atoms with Crippen LogP contribution in [0.15, 0.2) is 41.8 Å². The lowest BCUT2D eigenvalue weighted by Gasteiger charge is -1.94. The van der Waals surface area contributed by atoms with Crippen LogP contribution in [0.1, 0.15) is 14.5 Å². The first-order chi connectivity index (χ1) is 8.27. The third-order valence-electron chi connectivity index (χ3n) is 2.52. The van der Waals surface area contributed by atoms with Crippen LogP contribution in [-0.4, -0.2) is 10.9 Å². The van der Waals surface area contributed by atoms with Crippen molar-refractivity contribution in [3.05, 3.63) is 51.5 Å². The van der Waals surface area contributed by atoms with Crippen molar-refractivity contribution in [3.8, 4) is 5.75 Å². The summed E-state index contributed by atoms with van der Waals surface area (Å²) >= 11 is 2.73. The molecule has 0 atom stereocenters. The molecule has 84 valence electrons. The molecule has 4 heteroatoms. The quantitative estimate of drug-likeness (QED) is 0.709. The summed E-state index contributed by atoms with van der Waals surface area (Å²) in [6, 6.07) is 11.1. The lowest BCUT2D eigenvalue weighted by molar-refractivity contribution is 0.104. The van der Waals surface area contributed by atoms with Gasteiger partial charge in [-0.05, 0) is 23.6 Å². The number of carbonyl (C=O) groups excluding carboxylic acids is 1. The topological polar surface area (TPSA) is 37.3 Å². The number of hydrogen-bond donors (Lipinski definition) is 1. The zero-order valence-corrected chi connectivity index (χ0v) is 10.3. The van der Waals surface area contributed by atoms with E-state index in [4.69, 9.17) is 0 Å². The van der Waals surface area contributed by atoms with Crippen LogP contribution < -0.4 is 0 Å². The van der Waals surface area contributed by atoms with Crippen LogP contribution in [-0.2, 0) is 0 Å². The number of aromatic hydroxyl groups is 1. The molecular formula is C13H8O2S2. The fraction of sp³-hybridized carbons (Fsp3) is 0. The van der Waals surface area contributed by atoms with Gasteiger partial charge in [-0.25, -0.2) is 0 Å². The van der Waals surface area contributed by atoms with E-state index in [1.165, 1.54) is 22.7 Å². The van der Waals surface area contributed by atoms with E-state index >= 15 is 0 Å². The number of thiophene rings is 2. The largest absolute Gasteiger partial charge is 0.506 e. The first-order valence-electron chi connectivity index (χ1n) is 5.06. The van der Waals surface area contributed by atoms with Crippen LogP contribution in [0, 0.1) is 0 Å². The zero-order chi connectivity index (χ0) is 11.8. The molecule has 0 aliphatic rings. The van der Waals surface area contributed by atoms with Gasteiger partial charge in [-0.3, -0.25) is 4.79 Å². The molecule has 2 nitrogen and oxygen atoms in total. The minimum Gasteiger partial charge on any atom is -0.506 e. The van der Waals surface area contributed by atoms with E-state index in [2.05, 4.69) is 0 Å². The van der Waals surface area contributed by atoms with Crippen LogP contribution in [0.25, 0.3) is 10.1 Å². The van der Waals surface area contributed by atoms with E-state index in [1.807, 2.05) is 35.7 Å². The fourth-order valence-corrected chi connectivity index (χ4v) is 3.49. The molecule has 0 aliphatic carbocycles. The lowest BCUT2D eigenvalue weighted by Crippen LogP contribution is -1.94. The maximum atomic E-state index is 12.2. The van der Waals surface area contributed by atoms with Gasteiger partial charge >= 0.3 is 0 Å². The van der Waals surface area contributed by atoms with E-state index in [0.717, 1.165) is 10.1 Å². The van der Waals surface area contributed by atoms with Gasteiger partial charge in [-0.2, -0.15) is 0 Å². The van der Waals surface area contributed by atoms with Crippen LogP contribution in [0.3, 0.4) is 0 Å². The van der Waals surface area contributed by atoms with E-state index in [-0.39, 0.29) is 11.5 Å². The number of hydrogen-bond acceptors (Lipinski definition) is 4. The van der Waals surface area contributed by atoms with Gasteiger partial charge in [0.2, 0.25) is 5.78 Å². The summed E-state index contributed by atoms with van der Waals surface area (Å²) in [5.74, 6) is 0.00250. The molecule has 0 unspecified atom stereocenters. The third kappa shape index (κ3) is 1.66. The SMILES string of the molecule is O=C(c1cccs1)c1sc2ccccc2c1O. The molecule has 0 saturated heterocycles. The summed E-state index contributed by atoms with van der Waals surface area (Å²) in [5.41, 5.74) is 0. The first kappa shape index (κ1) is 10.5. The predicted molar refractivity (Wildman–Crippen MR) is 71.2 cm³/mol. The molecule has 1 N–H and O–H groups in total. The van der Waals surface area contributed by atoms with E-state index in [1.54, 1.807) is 6.07 Å². The van der Waals surface area contributed by atoms with Crippen LogP contribution in [0.4, 0.5) is 0 Å². The summed E-state index contributed by atoms with van der Waals surface area (Å²) < 4.78 is 0.935. The summed E-state index contributed by atoms with van der Waals surface area (Å²) in [6.45, 7) is 0. The number of ketones is 1. The average molecular weight is 260 g/mol. The highest BCUT2D eigenvalue weighted by Crippen LogP contribution is 2.38. The highest BCUT2D eigenvalue weighted by atomic mass is 32.1. The lowest BCUT2D eigenvalue weighted by atomic mass is 10.2. The number of benzene rings is 1. The van der Waals surface area contributed by atoms with Gasteiger partial charge in [0, 0.05) is 10.1 Å². The molecule has 0 bridgehead atoms. The monoisotopic (exact) mass is 260 g/mol. The van der Waals surface area contributed by atoms with Crippen molar-refractivity contribution in [1.29, 1.82) is 0 Å². The first-order valence-corrected chi connectivity index (χ1v) is 6.75. The molecule has 3 rings (SSSR count). The van der Waals surface area contributed by atoms with Crippen molar-refractivity contribution in [1.82, 2.24) is 0 Å². The Labute approximate surface area is 106 Å². The molecule has 2 aromatic heterocycles. The van der Waals surface area contributed by atoms with Gasteiger partial charge in [-0.1, -0.05) is 18.2 Å². The normalized spacial score (nSPS) is 10.8. The molecule has 1 aromatic carbocycles. The van der Waals surface area contributed by atoms with Gasteiger partial charge < -0.3 is 5.11 Å². The summed E-state index contributed by atoms with van der Waals surface area (Å²) in [6.07, 6.45) is 0. The Kier molecular flexibility index (Phi) is 2.46. The number of carbonyl (C=O) groups is 1. The second-order valence-corrected chi connectivity index (χ2v) is 5.58. The maximum Gasteiger partial charge on any atom is 0.216 e. The Morgan fingerprint density at radius 1 is 1.12 bits per heavy atom. The fourth-order valence-electron chi connectivity index (χ4n) is 1.71. The molecule has 0 aliphatic heterocycles. The van der Waals surface area contributed by atoms with Gasteiger partial charge in [-0.15, -0.1) is 22.7 Å². The zero-order valence-electron chi connectivity index (χ0n) is 8.71. The highest BCUT2D eigenvalue weighted by Gasteiger charge is 2.19. The van der Waals surface area contributed by atoms with E-state index < -0.39 is 0 Å². The van der Waals surface area contributed by atoms with Crippen LogP contribution in [0.2, 0.25) is 0 Å². The Balaban J connectivity index is 2.18. The Morgan fingerprint density at radius 2 is 1.94 bits per heavy atom. The number of fused-ring (bicyclic) bond motifs is 1. The second kappa shape index (κ2) is 3.98. The summed E-state index contributed by atoms with van der Waals surface area (Å²) in [4.78, 5) is 13.2. The standard InChI is InChI=1S/C13H8O2S2/c14-11-8-4-1-2-5-9(8)17-13(11)12(15)10-6-3-7-16-10/h1-7,14H. The molecule has 0 saturated carbocycles. The van der Waals surface area contributed by atoms with Crippen molar-refractivity contribution in [2.75, 3.05) is 0 Å². The highest BCUT2D eigenvalue weighted by molar-refractivity contribution is 7.22. The molecule has 0 spiro atoms. The Morgan fingerprint density at radius 3 is 2.65 bits per heavy atom. The third-order valence-corrected chi connectivity index (χ3v) is 4.55. The van der Waals surface area contributed by atoms with Crippen molar-refractivity contribution in [3.63, 3.8) is 0 Å². The average Bonchev–Trinajstić information content (AvgIpc) is 2.97. The van der Waals surface area contributed by atoms with Crippen molar-refractivity contribution < 1.29 is 9.90 Å². The molecule has 3 aromatic rings. The summed E-state index contributed by atoms with van der Waals surface area (Å²) in [7, 11) is 0.